The second kappa shape index (κ2) is 4.06. The van der Waals surface area contributed by atoms with E-state index in [0.29, 0.717) is 0 Å². The predicted molar refractivity (Wildman–Crippen MR) is 77.8 cm³/mol. The molecule has 20 heavy (non-hydrogen) atoms. The maximum atomic E-state index is 6.93. The van der Waals surface area contributed by atoms with Gasteiger partial charge in [-0.25, -0.2) is 0 Å². The highest BCUT2D eigenvalue weighted by atomic mass is 15.3. The molecule has 4 saturated carbocycles. The molecule has 4 bridgehead atoms. The molecule has 1 aromatic rings. The lowest BCUT2D eigenvalue weighted by Crippen LogP contribution is -2.60. The van der Waals surface area contributed by atoms with E-state index in [2.05, 4.69) is 28.6 Å². The van der Waals surface area contributed by atoms with Gasteiger partial charge in [0.1, 0.15) is 6.33 Å². The van der Waals surface area contributed by atoms with Gasteiger partial charge in [0.15, 0.2) is 5.82 Å². The molecule has 0 saturated heterocycles. The molecule has 1 aromatic heterocycles. The van der Waals surface area contributed by atoms with Gasteiger partial charge >= 0.3 is 0 Å². The third kappa shape index (κ3) is 1.57. The molecule has 0 aliphatic heterocycles. The van der Waals surface area contributed by atoms with E-state index in [9.17, 15) is 0 Å². The van der Waals surface area contributed by atoms with Crippen LogP contribution in [0, 0.1) is 23.2 Å². The van der Waals surface area contributed by atoms with Gasteiger partial charge in [-0.1, -0.05) is 0 Å². The molecular formula is C16H26N4. The van der Waals surface area contributed by atoms with Crippen molar-refractivity contribution in [3.8, 4) is 0 Å². The Bertz CT molecular complexity index is 481. The predicted octanol–water partition coefficient (Wildman–Crippen LogP) is 2.69. The molecular weight excluding hydrogens is 248 g/mol. The van der Waals surface area contributed by atoms with Crippen LogP contribution in [0.15, 0.2) is 6.33 Å². The van der Waals surface area contributed by atoms with Crippen molar-refractivity contribution in [2.24, 2.45) is 28.9 Å². The van der Waals surface area contributed by atoms with Gasteiger partial charge in [-0.15, -0.1) is 10.2 Å². The van der Waals surface area contributed by atoms with Gasteiger partial charge in [0.05, 0.1) is 5.54 Å². The second-order valence-electron chi connectivity index (χ2n) is 7.84. The van der Waals surface area contributed by atoms with Crippen LogP contribution in [0.2, 0.25) is 0 Å². The van der Waals surface area contributed by atoms with Gasteiger partial charge in [0, 0.05) is 6.54 Å². The first-order valence-electron chi connectivity index (χ1n) is 8.21. The minimum Gasteiger partial charge on any atom is -0.319 e. The Balaban J connectivity index is 1.75. The van der Waals surface area contributed by atoms with Crippen molar-refractivity contribution in [3.63, 3.8) is 0 Å². The Morgan fingerprint density at radius 1 is 1.25 bits per heavy atom. The van der Waals surface area contributed by atoms with E-state index in [4.69, 9.17) is 5.73 Å². The SMILES string of the molecule is CCn1cnnc1C(C)(N)C12CC3CC(CC(C3)C1)C2. The van der Waals surface area contributed by atoms with Crippen LogP contribution in [0.1, 0.15) is 58.2 Å². The average molecular weight is 274 g/mol. The van der Waals surface area contributed by atoms with Gasteiger partial charge in [-0.2, -0.15) is 0 Å². The van der Waals surface area contributed by atoms with Crippen molar-refractivity contribution in [1.29, 1.82) is 0 Å². The molecule has 1 unspecified atom stereocenters. The average Bonchev–Trinajstić information content (AvgIpc) is 2.85. The monoisotopic (exact) mass is 274 g/mol. The fourth-order valence-corrected chi connectivity index (χ4v) is 5.87. The smallest absolute Gasteiger partial charge is 0.153 e. The summed E-state index contributed by atoms with van der Waals surface area (Å²) in [6.07, 6.45) is 10.1. The molecule has 0 radical (unpaired) electrons. The zero-order valence-corrected chi connectivity index (χ0v) is 12.7. The van der Waals surface area contributed by atoms with Gasteiger partial charge in [0.25, 0.3) is 0 Å². The largest absolute Gasteiger partial charge is 0.319 e. The zero-order chi connectivity index (χ0) is 14.0. The van der Waals surface area contributed by atoms with Crippen LogP contribution < -0.4 is 5.73 Å². The molecule has 4 heteroatoms. The van der Waals surface area contributed by atoms with E-state index in [1.807, 2.05) is 6.33 Å². The zero-order valence-electron chi connectivity index (χ0n) is 12.7. The molecule has 4 nitrogen and oxygen atoms in total. The summed E-state index contributed by atoms with van der Waals surface area (Å²) in [5.74, 6) is 3.76. The molecule has 1 heterocycles. The minimum atomic E-state index is -0.338. The molecule has 1 atom stereocenters. The fourth-order valence-electron chi connectivity index (χ4n) is 5.87. The summed E-state index contributed by atoms with van der Waals surface area (Å²) in [4.78, 5) is 0. The summed E-state index contributed by atoms with van der Waals surface area (Å²) in [5, 5.41) is 8.52. The Morgan fingerprint density at radius 2 is 1.80 bits per heavy atom. The molecule has 4 aliphatic carbocycles. The van der Waals surface area contributed by atoms with Crippen molar-refractivity contribution in [2.75, 3.05) is 0 Å². The first-order valence-corrected chi connectivity index (χ1v) is 8.21. The Hall–Kier alpha value is -0.900. The van der Waals surface area contributed by atoms with Crippen LogP contribution in [-0.4, -0.2) is 14.8 Å². The Labute approximate surface area is 121 Å². The van der Waals surface area contributed by atoms with E-state index in [1.165, 1.54) is 38.5 Å². The molecule has 110 valence electrons. The van der Waals surface area contributed by atoms with E-state index in [0.717, 1.165) is 30.1 Å². The number of hydrogen-bond acceptors (Lipinski definition) is 3. The van der Waals surface area contributed by atoms with Crippen molar-refractivity contribution >= 4 is 0 Å². The van der Waals surface area contributed by atoms with Crippen molar-refractivity contribution in [2.45, 2.75) is 64.5 Å². The van der Waals surface area contributed by atoms with E-state index in [-0.39, 0.29) is 11.0 Å². The summed E-state index contributed by atoms with van der Waals surface area (Å²) in [7, 11) is 0. The fraction of sp³-hybridized carbons (Fsp3) is 0.875. The van der Waals surface area contributed by atoms with Crippen LogP contribution in [-0.2, 0) is 12.1 Å². The Morgan fingerprint density at radius 3 is 2.30 bits per heavy atom. The normalized spacial score (nSPS) is 41.9. The summed E-state index contributed by atoms with van der Waals surface area (Å²) in [6.45, 7) is 5.26. The van der Waals surface area contributed by atoms with E-state index >= 15 is 0 Å². The van der Waals surface area contributed by atoms with Gasteiger partial charge < -0.3 is 10.3 Å². The lowest BCUT2D eigenvalue weighted by molar-refractivity contribution is -0.0982. The lowest BCUT2D eigenvalue weighted by Gasteiger charge is -2.61. The lowest BCUT2D eigenvalue weighted by atomic mass is 9.45. The highest BCUT2D eigenvalue weighted by molar-refractivity contribution is 5.17. The summed E-state index contributed by atoms with van der Waals surface area (Å²) < 4.78 is 2.14. The van der Waals surface area contributed by atoms with Crippen molar-refractivity contribution in [3.05, 3.63) is 12.2 Å². The second-order valence-corrected chi connectivity index (χ2v) is 7.84. The standard InChI is InChI=1S/C16H26N4/c1-3-20-10-18-19-14(20)15(2,17)16-7-11-4-12(8-16)6-13(5-11)9-16/h10-13H,3-9,17H2,1-2H3. The van der Waals surface area contributed by atoms with Crippen LogP contribution in [0.5, 0.6) is 0 Å². The number of hydrogen-bond donors (Lipinski definition) is 1. The quantitative estimate of drug-likeness (QED) is 0.922. The van der Waals surface area contributed by atoms with Gasteiger partial charge in [-0.3, -0.25) is 0 Å². The van der Waals surface area contributed by atoms with Crippen LogP contribution >= 0.6 is 0 Å². The topological polar surface area (TPSA) is 56.7 Å². The molecule has 4 aliphatic rings. The third-order valence-electron chi connectivity index (χ3n) is 6.56. The number of aromatic nitrogens is 3. The molecule has 2 N–H and O–H groups in total. The van der Waals surface area contributed by atoms with Gasteiger partial charge in [-0.05, 0) is 75.5 Å². The van der Waals surface area contributed by atoms with E-state index in [1.54, 1.807) is 0 Å². The number of nitrogens with two attached hydrogens (primary N) is 1. The maximum Gasteiger partial charge on any atom is 0.153 e. The van der Waals surface area contributed by atoms with Crippen molar-refractivity contribution in [1.82, 2.24) is 14.8 Å². The number of rotatable bonds is 3. The third-order valence-corrected chi connectivity index (χ3v) is 6.56. The molecule has 0 amide bonds. The molecule has 0 spiro atoms. The number of aryl methyl sites for hydroxylation is 1. The summed E-state index contributed by atoms with van der Waals surface area (Å²) in [6, 6.07) is 0. The molecule has 0 aromatic carbocycles. The Kier molecular flexibility index (Phi) is 2.60. The highest BCUT2D eigenvalue weighted by Crippen LogP contribution is 2.64. The van der Waals surface area contributed by atoms with Gasteiger partial charge in [0.2, 0.25) is 0 Å². The molecule has 4 fully saturated rings. The first kappa shape index (κ1) is 12.8. The van der Waals surface area contributed by atoms with Crippen LogP contribution in [0.3, 0.4) is 0 Å². The van der Waals surface area contributed by atoms with Crippen LogP contribution in [0.25, 0.3) is 0 Å². The summed E-state index contributed by atoms with van der Waals surface area (Å²) >= 11 is 0. The molecule has 5 rings (SSSR count). The van der Waals surface area contributed by atoms with Crippen molar-refractivity contribution < 1.29 is 0 Å². The first-order chi connectivity index (χ1) is 9.54. The van der Waals surface area contributed by atoms with E-state index < -0.39 is 0 Å². The maximum absolute atomic E-state index is 6.93. The highest BCUT2D eigenvalue weighted by Gasteiger charge is 2.59. The summed E-state index contributed by atoms with van der Waals surface area (Å²) in [5.41, 5.74) is 6.86. The van der Waals surface area contributed by atoms with Crippen LogP contribution in [0.4, 0.5) is 0 Å². The minimum absolute atomic E-state index is 0.266. The number of nitrogens with zero attached hydrogens (tertiary/aromatic N) is 3.